The van der Waals surface area contributed by atoms with Crippen molar-refractivity contribution in [3.8, 4) is 0 Å². The van der Waals surface area contributed by atoms with E-state index in [1.54, 1.807) is 31.7 Å². The number of nitrogens with one attached hydrogen (secondary N) is 2. The highest BCUT2D eigenvalue weighted by Gasteiger charge is 2.39. The van der Waals surface area contributed by atoms with Gasteiger partial charge in [-0.2, -0.15) is 0 Å². The number of carbonyl (C=O) groups excluding carboxylic acids is 3. The predicted molar refractivity (Wildman–Crippen MR) is 139 cm³/mol. The number of allylic oxidation sites excluding steroid dienone is 1. The van der Waals surface area contributed by atoms with Crippen LogP contribution in [0.3, 0.4) is 0 Å². The number of hydrogen-bond donors (Lipinski definition) is 2. The normalized spacial score (nSPS) is 17.8. The minimum atomic E-state index is -0.900. The van der Waals surface area contributed by atoms with E-state index in [9.17, 15) is 24.5 Å². The fourth-order valence-corrected chi connectivity index (χ4v) is 4.52. The van der Waals surface area contributed by atoms with Crippen LogP contribution in [-0.4, -0.2) is 58.6 Å². The summed E-state index contributed by atoms with van der Waals surface area (Å²) in [5.41, 5.74) is 4.56. The average molecular weight is 523 g/mol. The fraction of sp³-hybridized carbons (Fsp3) is 0.346. The van der Waals surface area contributed by atoms with Gasteiger partial charge in [0.15, 0.2) is 0 Å². The van der Waals surface area contributed by atoms with Crippen LogP contribution in [0, 0.1) is 10.1 Å². The molecule has 200 valence electrons. The highest BCUT2D eigenvalue weighted by molar-refractivity contribution is 5.95. The molecule has 2 heterocycles. The Hall–Kier alpha value is -4.45. The van der Waals surface area contributed by atoms with Crippen molar-refractivity contribution in [3.05, 3.63) is 81.5 Å². The Morgan fingerprint density at radius 2 is 1.87 bits per heavy atom. The summed E-state index contributed by atoms with van der Waals surface area (Å²) in [5, 5.41) is 15.6. The lowest BCUT2D eigenvalue weighted by atomic mass is 9.93. The molecular formula is C26H30N6O6. The van der Waals surface area contributed by atoms with E-state index in [1.807, 2.05) is 30.3 Å². The first kappa shape index (κ1) is 26.6. The Kier molecular flexibility index (Phi) is 7.91. The maximum absolute atomic E-state index is 13.1. The zero-order chi connectivity index (χ0) is 27.4. The first-order chi connectivity index (χ1) is 18.2. The number of para-hydroxylation sites is 1. The highest BCUT2D eigenvalue weighted by atomic mass is 16.6. The van der Waals surface area contributed by atoms with Gasteiger partial charge in [-0.1, -0.05) is 30.3 Å². The number of anilines is 1. The number of urea groups is 2. The second-order valence-electron chi connectivity index (χ2n) is 9.26. The molecule has 1 fully saturated rings. The molecule has 1 saturated heterocycles. The van der Waals surface area contributed by atoms with Crippen LogP contribution in [-0.2, 0) is 9.53 Å². The molecule has 1 atom stereocenters. The van der Waals surface area contributed by atoms with E-state index in [4.69, 9.17) is 4.74 Å². The Bertz CT molecular complexity index is 1260. The van der Waals surface area contributed by atoms with Gasteiger partial charge < -0.3 is 19.9 Å². The zero-order valence-electron chi connectivity index (χ0n) is 21.4. The van der Waals surface area contributed by atoms with E-state index >= 15 is 0 Å². The van der Waals surface area contributed by atoms with Gasteiger partial charge in [-0.25, -0.2) is 24.8 Å². The SMILES string of the molecule is CC1=C(C(=O)OC(C)C)C(c2cccc([N+](=O)[O-])c2)N(CCCN2CNN(c3ccccc3)C2=O)C(=O)N1. The smallest absolute Gasteiger partial charge is 0.340 e. The Morgan fingerprint density at radius 3 is 2.55 bits per heavy atom. The summed E-state index contributed by atoms with van der Waals surface area (Å²) in [6, 6.07) is 13.5. The standard InChI is InChI=1S/C26H30N6O6/c1-17(2)38-24(33)22-18(3)28-25(34)30(23(22)19-9-7-12-21(15-19)32(36)37)14-8-13-29-16-27-31(26(29)35)20-10-5-4-6-11-20/h4-7,9-12,15,17,23,27H,8,13-14,16H2,1-3H3,(H,28,34). The van der Waals surface area contributed by atoms with Crippen molar-refractivity contribution in [1.29, 1.82) is 0 Å². The predicted octanol–water partition coefficient (Wildman–Crippen LogP) is 3.68. The van der Waals surface area contributed by atoms with E-state index in [-0.39, 0.29) is 23.8 Å². The first-order valence-electron chi connectivity index (χ1n) is 12.3. The van der Waals surface area contributed by atoms with Gasteiger partial charge in [0, 0.05) is 30.9 Å². The van der Waals surface area contributed by atoms with Crippen LogP contribution in [0.25, 0.3) is 0 Å². The molecule has 12 heteroatoms. The number of rotatable bonds is 9. The molecular weight excluding hydrogens is 492 g/mol. The maximum Gasteiger partial charge on any atom is 0.340 e. The van der Waals surface area contributed by atoms with Crippen LogP contribution in [0.1, 0.15) is 38.8 Å². The van der Waals surface area contributed by atoms with Crippen LogP contribution >= 0.6 is 0 Å². The van der Waals surface area contributed by atoms with Gasteiger partial charge in [-0.15, -0.1) is 0 Å². The molecule has 38 heavy (non-hydrogen) atoms. The minimum absolute atomic E-state index is 0.155. The molecule has 0 aromatic heterocycles. The minimum Gasteiger partial charge on any atom is -0.459 e. The number of hydrazine groups is 1. The highest BCUT2D eigenvalue weighted by Crippen LogP contribution is 2.36. The van der Waals surface area contributed by atoms with Crippen molar-refractivity contribution in [3.63, 3.8) is 0 Å². The lowest BCUT2D eigenvalue weighted by molar-refractivity contribution is -0.384. The molecule has 1 unspecified atom stereocenters. The van der Waals surface area contributed by atoms with Gasteiger partial charge in [0.25, 0.3) is 5.69 Å². The van der Waals surface area contributed by atoms with Crippen molar-refractivity contribution in [2.75, 3.05) is 24.8 Å². The van der Waals surface area contributed by atoms with E-state index in [0.29, 0.717) is 30.9 Å². The largest absolute Gasteiger partial charge is 0.459 e. The number of ether oxygens (including phenoxy) is 1. The molecule has 2 aromatic carbocycles. The second-order valence-corrected chi connectivity index (χ2v) is 9.26. The molecule has 2 aliphatic rings. The second kappa shape index (κ2) is 11.3. The third kappa shape index (κ3) is 5.59. The van der Waals surface area contributed by atoms with Crippen LogP contribution < -0.4 is 15.8 Å². The molecule has 0 saturated carbocycles. The number of hydrogen-bond acceptors (Lipinski definition) is 7. The molecule has 4 rings (SSSR count). The summed E-state index contributed by atoms with van der Waals surface area (Å²) < 4.78 is 5.45. The fourth-order valence-electron chi connectivity index (χ4n) is 4.52. The van der Waals surface area contributed by atoms with Gasteiger partial charge in [0.1, 0.15) is 0 Å². The summed E-state index contributed by atoms with van der Waals surface area (Å²) in [7, 11) is 0. The first-order valence-corrected chi connectivity index (χ1v) is 12.3. The Morgan fingerprint density at radius 1 is 1.13 bits per heavy atom. The number of nitrogens with zero attached hydrogens (tertiary/aromatic N) is 4. The third-order valence-electron chi connectivity index (χ3n) is 6.23. The van der Waals surface area contributed by atoms with Crippen molar-refractivity contribution in [2.24, 2.45) is 0 Å². The Balaban J connectivity index is 1.56. The lowest BCUT2D eigenvalue weighted by Crippen LogP contribution is -2.49. The summed E-state index contributed by atoms with van der Waals surface area (Å²) >= 11 is 0. The number of carbonyl (C=O) groups is 3. The molecule has 0 bridgehead atoms. The molecule has 2 aromatic rings. The topological polar surface area (TPSA) is 137 Å². The molecule has 12 nitrogen and oxygen atoms in total. The van der Waals surface area contributed by atoms with Crippen LogP contribution in [0.2, 0.25) is 0 Å². The van der Waals surface area contributed by atoms with E-state index in [2.05, 4.69) is 10.7 Å². The van der Waals surface area contributed by atoms with Crippen LogP contribution in [0.4, 0.5) is 21.0 Å². The lowest BCUT2D eigenvalue weighted by Gasteiger charge is -2.38. The van der Waals surface area contributed by atoms with Crippen LogP contribution in [0.15, 0.2) is 65.9 Å². The number of nitro groups is 1. The average Bonchev–Trinajstić information content (AvgIpc) is 3.25. The quantitative estimate of drug-likeness (QED) is 0.291. The summed E-state index contributed by atoms with van der Waals surface area (Å²) in [4.78, 5) is 53.1. The molecule has 2 aliphatic heterocycles. The number of nitro benzene ring substituents is 1. The number of esters is 1. The number of amides is 4. The van der Waals surface area contributed by atoms with Crippen molar-refractivity contribution < 1.29 is 24.0 Å². The van der Waals surface area contributed by atoms with Gasteiger partial charge in [0.2, 0.25) is 0 Å². The van der Waals surface area contributed by atoms with Crippen molar-refractivity contribution in [2.45, 2.75) is 39.3 Å². The molecule has 0 aliphatic carbocycles. The van der Waals surface area contributed by atoms with Gasteiger partial charge >= 0.3 is 18.0 Å². The van der Waals surface area contributed by atoms with Crippen molar-refractivity contribution in [1.82, 2.24) is 20.5 Å². The van der Waals surface area contributed by atoms with E-state index in [0.717, 1.165) is 5.69 Å². The summed E-state index contributed by atoms with van der Waals surface area (Å²) in [6.45, 7) is 5.86. The van der Waals surface area contributed by atoms with Crippen molar-refractivity contribution >= 4 is 29.4 Å². The number of non-ortho nitro benzene ring substituents is 1. The molecule has 4 amide bonds. The molecule has 0 radical (unpaired) electrons. The summed E-state index contributed by atoms with van der Waals surface area (Å²) in [5.74, 6) is -0.614. The zero-order valence-corrected chi connectivity index (χ0v) is 21.4. The third-order valence-corrected chi connectivity index (χ3v) is 6.23. The van der Waals surface area contributed by atoms with Gasteiger partial charge in [-0.3, -0.25) is 10.1 Å². The van der Waals surface area contributed by atoms with E-state index < -0.39 is 29.1 Å². The van der Waals surface area contributed by atoms with Gasteiger partial charge in [-0.05, 0) is 44.9 Å². The van der Waals surface area contributed by atoms with E-state index in [1.165, 1.54) is 28.1 Å². The number of benzene rings is 2. The monoisotopic (exact) mass is 522 g/mol. The maximum atomic E-state index is 13.1. The van der Waals surface area contributed by atoms with Crippen LogP contribution in [0.5, 0.6) is 0 Å². The Labute approximate surface area is 219 Å². The summed E-state index contributed by atoms with van der Waals surface area (Å²) in [6.07, 6.45) is 0.00126. The molecule has 0 spiro atoms. The van der Waals surface area contributed by atoms with Gasteiger partial charge in [0.05, 0.1) is 35.0 Å². The molecule has 2 N–H and O–H groups in total.